The minimum atomic E-state index is -1.06. The van der Waals surface area contributed by atoms with E-state index in [4.69, 9.17) is 0 Å². The SMILES string of the molecule is C=CCC1(C)C(=O)C(c2ccccc2)=C(c2ccccc2)C1=O. The number of carbonyl (C=O) groups excluding carboxylic acids is 2. The summed E-state index contributed by atoms with van der Waals surface area (Å²) in [4.78, 5) is 26.2. The van der Waals surface area contributed by atoms with Crippen molar-refractivity contribution in [2.75, 3.05) is 0 Å². The molecule has 0 spiro atoms. The zero-order valence-corrected chi connectivity index (χ0v) is 13.1. The Balaban J connectivity index is 2.27. The van der Waals surface area contributed by atoms with Crippen molar-refractivity contribution in [3.8, 4) is 0 Å². The van der Waals surface area contributed by atoms with Gasteiger partial charge in [-0.3, -0.25) is 9.59 Å². The van der Waals surface area contributed by atoms with E-state index in [1.807, 2.05) is 60.7 Å². The van der Waals surface area contributed by atoms with Crippen LogP contribution < -0.4 is 0 Å². The van der Waals surface area contributed by atoms with Crippen LogP contribution in [0.15, 0.2) is 73.3 Å². The normalized spacial score (nSPS) is 16.7. The molecule has 0 saturated heterocycles. The fraction of sp³-hybridized carbons (Fsp3) is 0.143. The average molecular weight is 302 g/mol. The maximum absolute atomic E-state index is 13.1. The molecule has 2 nitrogen and oxygen atoms in total. The van der Waals surface area contributed by atoms with E-state index in [2.05, 4.69) is 6.58 Å². The molecule has 0 amide bonds. The smallest absolute Gasteiger partial charge is 0.178 e. The van der Waals surface area contributed by atoms with Gasteiger partial charge in [0.25, 0.3) is 0 Å². The molecule has 0 radical (unpaired) electrons. The van der Waals surface area contributed by atoms with E-state index in [1.165, 1.54) is 0 Å². The van der Waals surface area contributed by atoms with Crippen LogP contribution in [0.2, 0.25) is 0 Å². The summed E-state index contributed by atoms with van der Waals surface area (Å²) >= 11 is 0. The predicted octanol–water partition coefficient (Wildman–Crippen LogP) is 4.33. The highest BCUT2D eigenvalue weighted by Gasteiger charge is 2.50. The molecule has 114 valence electrons. The Hall–Kier alpha value is -2.74. The molecule has 0 aromatic heterocycles. The van der Waals surface area contributed by atoms with Crippen LogP contribution >= 0.6 is 0 Å². The lowest BCUT2D eigenvalue weighted by atomic mass is 9.80. The van der Waals surface area contributed by atoms with E-state index in [0.29, 0.717) is 17.6 Å². The van der Waals surface area contributed by atoms with Crippen molar-refractivity contribution in [3.63, 3.8) is 0 Å². The Morgan fingerprint density at radius 2 is 1.22 bits per heavy atom. The maximum Gasteiger partial charge on any atom is 0.178 e. The summed E-state index contributed by atoms with van der Waals surface area (Å²) in [5.41, 5.74) is 1.56. The van der Waals surface area contributed by atoms with Gasteiger partial charge in [-0.15, -0.1) is 6.58 Å². The number of allylic oxidation sites excluding steroid dienone is 3. The summed E-state index contributed by atoms with van der Waals surface area (Å²) in [6.45, 7) is 5.43. The highest BCUT2D eigenvalue weighted by Crippen LogP contribution is 2.46. The van der Waals surface area contributed by atoms with Gasteiger partial charge in [0.15, 0.2) is 11.6 Å². The van der Waals surface area contributed by atoms with Gasteiger partial charge in [-0.1, -0.05) is 66.7 Å². The summed E-state index contributed by atoms with van der Waals surface area (Å²) in [5.74, 6) is -0.236. The average Bonchev–Trinajstić information content (AvgIpc) is 2.78. The molecule has 0 saturated carbocycles. The van der Waals surface area contributed by atoms with Crippen LogP contribution in [0.3, 0.4) is 0 Å². The first-order valence-electron chi connectivity index (χ1n) is 7.65. The molecule has 2 aromatic carbocycles. The second-order valence-electron chi connectivity index (χ2n) is 5.97. The van der Waals surface area contributed by atoms with Crippen molar-refractivity contribution in [2.45, 2.75) is 13.3 Å². The number of Topliss-reactive ketones (excluding diaryl/α,β-unsaturated/α-hetero) is 2. The Morgan fingerprint density at radius 1 is 0.826 bits per heavy atom. The lowest BCUT2D eigenvalue weighted by Gasteiger charge is -2.19. The summed E-state index contributed by atoms with van der Waals surface area (Å²) in [5, 5.41) is 0. The van der Waals surface area contributed by atoms with Crippen molar-refractivity contribution in [1.29, 1.82) is 0 Å². The lowest BCUT2D eigenvalue weighted by Crippen LogP contribution is -2.30. The summed E-state index contributed by atoms with van der Waals surface area (Å²) < 4.78 is 0. The highest BCUT2D eigenvalue weighted by atomic mass is 16.2. The monoisotopic (exact) mass is 302 g/mol. The van der Waals surface area contributed by atoms with E-state index in [9.17, 15) is 9.59 Å². The van der Waals surface area contributed by atoms with Crippen molar-refractivity contribution in [1.82, 2.24) is 0 Å². The van der Waals surface area contributed by atoms with Gasteiger partial charge in [-0.05, 0) is 24.5 Å². The zero-order valence-electron chi connectivity index (χ0n) is 13.1. The van der Waals surface area contributed by atoms with Gasteiger partial charge in [-0.25, -0.2) is 0 Å². The summed E-state index contributed by atoms with van der Waals surface area (Å²) in [6, 6.07) is 18.8. The molecule has 3 rings (SSSR count). The molecule has 23 heavy (non-hydrogen) atoms. The number of benzene rings is 2. The Bertz CT molecular complexity index is 737. The fourth-order valence-electron chi connectivity index (χ4n) is 3.12. The van der Waals surface area contributed by atoms with Crippen LogP contribution in [0, 0.1) is 5.41 Å². The van der Waals surface area contributed by atoms with Crippen LogP contribution in [0.4, 0.5) is 0 Å². The van der Waals surface area contributed by atoms with Gasteiger partial charge in [0.1, 0.15) is 0 Å². The van der Waals surface area contributed by atoms with Crippen LogP contribution in [0.25, 0.3) is 11.1 Å². The molecule has 0 unspecified atom stereocenters. The summed E-state index contributed by atoms with van der Waals surface area (Å²) in [7, 11) is 0. The number of hydrogen-bond donors (Lipinski definition) is 0. The number of rotatable bonds is 4. The third kappa shape index (κ3) is 2.36. The van der Waals surface area contributed by atoms with Gasteiger partial charge in [0.05, 0.1) is 5.41 Å². The van der Waals surface area contributed by atoms with E-state index in [0.717, 1.165) is 11.1 Å². The molecule has 1 aliphatic carbocycles. The van der Waals surface area contributed by atoms with Crippen LogP contribution in [-0.2, 0) is 9.59 Å². The molecule has 0 atom stereocenters. The molecule has 0 heterocycles. The van der Waals surface area contributed by atoms with Gasteiger partial charge in [0, 0.05) is 11.1 Å². The van der Waals surface area contributed by atoms with Gasteiger partial charge in [-0.2, -0.15) is 0 Å². The van der Waals surface area contributed by atoms with E-state index >= 15 is 0 Å². The molecule has 0 N–H and O–H groups in total. The second kappa shape index (κ2) is 5.81. The molecule has 2 aromatic rings. The Labute approximate surface area is 136 Å². The van der Waals surface area contributed by atoms with Crippen molar-refractivity contribution in [3.05, 3.63) is 84.4 Å². The number of carbonyl (C=O) groups is 2. The highest BCUT2D eigenvalue weighted by molar-refractivity contribution is 6.54. The van der Waals surface area contributed by atoms with Crippen molar-refractivity contribution >= 4 is 22.7 Å². The van der Waals surface area contributed by atoms with E-state index in [1.54, 1.807) is 13.0 Å². The Morgan fingerprint density at radius 3 is 1.57 bits per heavy atom. The van der Waals surface area contributed by atoms with Crippen LogP contribution in [0.1, 0.15) is 24.5 Å². The molecule has 0 aliphatic heterocycles. The van der Waals surface area contributed by atoms with Gasteiger partial charge >= 0.3 is 0 Å². The fourth-order valence-corrected chi connectivity index (χ4v) is 3.12. The maximum atomic E-state index is 13.1. The Kier molecular flexibility index (Phi) is 3.83. The van der Waals surface area contributed by atoms with Crippen LogP contribution in [0.5, 0.6) is 0 Å². The predicted molar refractivity (Wildman–Crippen MR) is 92.6 cm³/mol. The molecular weight excluding hydrogens is 284 g/mol. The molecule has 1 aliphatic rings. The third-order valence-corrected chi connectivity index (χ3v) is 4.38. The topological polar surface area (TPSA) is 34.1 Å². The third-order valence-electron chi connectivity index (χ3n) is 4.38. The molecule has 2 heteroatoms. The molecular formula is C21H18O2. The standard InChI is InChI=1S/C21H18O2/c1-3-14-21(2)19(22)17(15-10-6-4-7-11-15)18(20(21)23)16-12-8-5-9-13-16/h3-13H,1,14H2,2H3. The number of hydrogen-bond acceptors (Lipinski definition) is 2. The first kappa shape index (κ1) is 15.2. The largest absolute Gasteiger partial charge is 0.293 e. The van der Waals surface area contributed by atoms with Crippen molar-refractivity contribution in [2.24, 2.45) is 5.41 Å². The van der Waals surface area contributed by atoms with Crippen LogP contribution in [-0.4, -0.2) is 11.6 Å². The second-order valence-corrected chi connectivity index (χ2v) is 5.97. The van der Waals surface area contributed by atoms with Gasteiger partial charge < -0.3 is 0 Å². The first-order chi connectivity index (χ1) is 11.1. The first-order valence-corrected chi connectivity index (χ1v) is 7.65. The number of ketones is 2. The minimum Gasteiger partial charge on any atom is -0.293 e. The van der Waals surface area contributed by atoms with E-state index in [-0.39, 0.29) is 11.6 Å². The molecule has 0 fully saturated rings. The van der Waals surface area contributed by atoms with Gasteiger partial charge in [0.2, 0.25) is 0 Å². The quantitative estimate of drug-likeness (QED) is 0.622. The van der Waals surface area contributed by atoms with Crippen molar-refractivity contribution < 1.29 is 9.59 Å². The lowest BCUT2D eigenvalue weighted by molar-refractivity contribution is -0.131. The van der Waals surface area contributed by atoms with E-state index < -0.39 is 5.41 Å². The summed E-state index contributed by atoms with van der Waals surface area (Å²) in [6.07, 6.45) is 1.99. The zero-order chi connectivity index (χ0) is 16.4. The molecule has 0 bridgehead atoms. The minimum absolute atomic E-state index is 0.118.